The Morgan fingerprint density at radius 3 is 2.61 bits per heavy atom. The molecule has 36 heavy (non-hydrogen) atoms. The molecule has 1 N–H and O–H groups in total. The molecule has 0 unspecified atom stereocenters. The number of methoxy groups -OCH3 is 1. The predicted octanol–water partition coefficient (Wildman–Crippen LogP) is 4.62. The van der Waals surface area contributed by atoms with Crippen LogP contribution in [0.3, 0.4) is 0 Å². The molecule has 3 heterocycles. The van der Waals surface area contributed by atoms with Gasteiger partial charge in [0.1, 0.15) is 6.61 Å². The lowest BCUT2D eigenvalue weighted by Crippen LogP contribution is -2.36. The molecule has 1 saturated heterocycles. The lowest BCUT2D eigenvalue weighted by atomic mass is 9.72. The molecule has 5 rings (SSSR count). The first kappa shape index (κ1) is 24.5. The first-order valence-electron chi connectivity index (χ1n) is 12.2. The van der Waals surface area contributed by atoms with E-state index in [1.807, 2.05) is 18.4 Å². The van der Waals surface area contributed by atoms with Crippen LogP contribution in [0.4, 0.5) is 0 Å². The number of carbonyl (C=O) groups excluding carboxylic acids is 3. The number of hydrogen-bond donors (Lipinski definition) is 1. The monoisotopic (exact) mass is 507 g/mol. The number of esters is 2. The summed E-state index contributed by atoms with van der Waals surface area (Å²) in [7, 11) is 1.33. The van der Waals surface area contributed by atoms with Gasteiger partial charge < -0.3 is 19.5 Å². The summed E-state index contributed by atoms with van der Waals surface area (Å²) in [5, 5.41) is 5.40. The summed E-state index contributed by atoms with van der Waals surface area (Å²) in [6.07, 6.45) is 2.79. The molecular weight excluding hydrogens is 478 g/mol. The minimum absolute atomic E-state index is 0.0149. The van der Waals surface area contributed by atoms with Crippen molar-refractivity contribution in [3.05, 3.63) is 80.3 Å². The summed E-state index contributed by atoms with van der Waals surface area (Å²) in [6, 6.07) is 11.0. The van der Waals surface area contributed by atoms with Gasteiger partial charge in [-0.1, -0.05) is 18.2 Å². The van der Waals surface area contributed by atoms with Gasteiger partial charge in [-0.25, -0.2) is 9.59 Å². The van der Waals surface area contributed by atoms with Crippen molar-refractivity contribution < 1.29 is 28.6 Å². The number of allylic oxidation sites excluding steroid dienone is 3. The van der Waals surface area contributed by atoms with E-state index in [-0.39, 0.29) is 24.4 Å². The lowest BCUT2D eigenvalue weighted by Gasteiger charge is -2.36. The molecule has 7 nitrogen and oxygen atoms in total. The van der Waals surface area contributed by atoms with E-state index in [4.69, 9.17) is 14.2 Å². The van der Waals surface area contributed by atoms with Gasteiger partial charge in [0.2, 0.25) is 0 Å². The smallest absolute Gasteiger partial charge is 0.337 e. The van der Waals surface area contributed by atoms with Crippen molar-refractivity contribution in [1.29, 1.82) is 0 Å². The number of dihydropyridines is 1. The Morgan fingerprint density at radius 2 is 1.94 bits per heavy atom. The maximum atomic E-state index is 13.6. The van der Waals surface area contributed by atoms with Crippen molar-refractivity contribution in [2.45, 2.75) is 50.5 Å². The van der Waals surface area contributed by atoms with Crippen LogP contribution in [0.2, 0.25) is 0 Å². The molecular formula is C28H29NO6S. The number of ether oxygens (including phenoxy) is 3. The topological polar surface area (TPSA) is 90.9 Å². The van der Waals surface area contributed by atoms with Crippen molar-refractivity contribution in [3.8, 4) is 0 Å². The van der Waals surface area contributed by atoms with Gasteiger partial charge in [0.15, 0.2) is 5.78 Å². The molecule has 2 aliphatic heterocycles. The van der Waals surface area contributed by atoms with Gasteiger partial charge in [0.05, 0.1) is 24.4 Å². The van der Waals surface area contributed by atoms with Gasteiger partial charge >= 0.3 is 11.9 Å². The zero-order chi connectivity index (χ0) is 25.2. The van der Waals surface area contributed by atoms with Crippen molar-refractivity contribution in [2.24, 2.45) is 0 Å². The zero-order valence-electron chi connectivity index (χ0n) is 20.4. The SMILES string of the molecule is COC(=O)c1ccc([C@@H]2C(C(=O)OC[C@@H]3CCCO3)=C(C)NC3=C2C(=O)C[C@H](c2cccs2)C3)cc1. The maximum Gasteiger partial charge on any atom is 0.337 e. The van der Waals surface area contributed by atoms with Crippen LogP contribution < -0.4 is 5.32 Å². The number of Topliss-reactive ketones (excluding diaryl/α,β-unsaturated/α-hetero) is 1. The zero-order valence-corrected chi connectivity index (χ0v) is 21.2. The molecule has 1 fully saturated rings. The Labute approximate surface area is 214 Å². The third-order valence-corrected chi connectivity index (χ3v) is 8.12. The van der Waals surface area contributed by atoms with Crippen LogP contribution >= 0.6 is 11.3 Å². The summed E-state index contributed by atoms with van der Waals surface area (Å²) in [4.78, 5) is 40.2. The summed E-state index contributed by atoms with van der Waals surface area (Å²) >= 11 is 1.65. The second-order valence-corrected chi connectivity index (χ2v) is 10.4. The van der Waals surface area contributed by atoms with Crippen LogP contribution in [-0.4, -0.2) is 44.1 Å². The fraction of sp³-hybridized carbons (Fsp3) is 0.393. The molecule has 0 amide bonds. The molecule has 0 bridgehead atoms. The van der Waals surface area contributed by atoms with Crippen LogP contribution in [0.25, 0.3) is 0 Å². The number of hydrogen-bond acceptors (Lipinski definition) is 8. The average Bonchev–Trinajstić information content (AvgIpc) is 3.61. The number of nitrogens with one attached hydrogen (secondary N) is 1. The van der Waals surface area contributed by atoms with E-state index in [0.717, 1.165) is 24.1 Å². The molecule has 0 spiro atoms. The lowest BCUT2D eigenvalue weighted by molar-refractivity contribution is -0.142. The molecule has 188 valence electrons. The number of rotatable bonds is 6. The highest BCUT2D eigenvalue weighted by molar-refractivity contribution is 7.10. The highest BCUT2D eigenvalue weighted by Gasteiger charge is 2.41. The summed E-state index contributed by atoms with van der Waals surface area (Å²) < 4.78 is 16.1. The standard InChI is InChI=1S/C28H29NO6S/c1-16-24(28(32)35-15-20-5-3-11-34-20)25(17-7-9-18(10-8-17)27(31)33-2)26-21(29-16)13-19(14-22(26)30)23-6-4-12-36-23/h4,6-10,12,19-20,25,29H,3,5,11,13-15H2,1-2H3/t19-,20+,25-/m1/s1. The summed E-state index contributed by atoms with van der Waals surface area (Å²) in [5.41, 5.74) is 3.69. The number of ketones is 1. The van der Waals surface area contributed by atoms with E-state index in [0.29, 0.717) is 41.9 Å². The average molecular weight is 508 g/mol. The van der Waals surface area contributed by atoms with E-state index in [9.17, 15) is 14.4 Å². The van der Waals surface area contributed by atoms with E-state index < -0.39 is 17.9 Å². The predicted molar refractivity (Wildman–Crippen MR) is 135 cm³/mol. The number of benzene rings is 1. The van der Waals surface area contributed by atoms with Crippen LogP contribution in [0.15, 0.2) is 64.3 Å². The van der Waals surface area contributed by atoms with Crippen LogP contribution in [0.1, 0.15) is 65.2 Å². The molecule has 3 atom stereocenters. The molecule has 2 aromatic rings. The van der Waals surface area contributed by atoms with Crippen molar-refractivity contribution >= 4 is 29.1 Å². The molecule has 0 saturated carbocycles. The fourth-order valence-electron chi connectivity index (χ4n) is 5.32. The van der Waals surface area contributed by atoms with Gasteiger partial charge in [-0.2, -0.15) is 0 Å². The van der Waals surface area contributed by atoms with Crippen molar-refractivity contribution in [1.82, 2.24) is 5.32 Å². The number of carbonyl (C=O) groups is 3. The molecule has 3 aliphatic rings. The summed E-state index contributed by atoms with van der Waals surface area (Å²) in [6.45, 7) is 2.71. The highest BCUT2D eigenvalue weighted by Crippen LogP contribution is 2.46. The van der Waals surface area contributed by atoms with Crippen LogP contribution in [0, 0.1) is 0 Å². The van der Waals surface area contributed by atoms with Gasteiger partial charge in [0.25, 0.3) is 0 Å². The van der Waals surface area contributed by atoms with E-state index >= 15 is 0 Å². The third-order valence-electron chi connectivity index (χ3n) is 7.08. The van der Waals surface area contributed by atoms with Crippen molar-refractivity contribution in [3.63, 3.8) is 0 Å². The summed E-state index contributed by atoms with van der Waals surface area (Å²) in [5.74, 6) is -1.37. The minimum atomic E-state index is -0.582. The van der Waals surface area contributed by atoms with Gasteiger partial charge in [-0.3, -0.25) is 4.79 Å². The Hall–Kier alpha value is -3.23. The Kier molecular flexibility index (Phi) is 7.07. The highest BCUT2D eigenvalue weighted by atomic mass is 32.1. The normalized spacial score (nSPS) is 23.8. The number of thiophene rings is 1. The van der Waals surface area contributed by atoms with Crippen LogP contribution in [0.5, 0.6) is 0 Å². The molecule has 1 aromatic heterocycles. The minimum Gasteiger partial charge on any atom is -0.465 e. The molecule has 0 radical (unpaired) electrons. The molecule has 1 aliphatic carbocycles. The second-order valence-electron chi connectivity index (χ2n) is 9.38. The third kappa shape index (κ3) is 4.75. The van der Waals surface area contributed by atoms with Crippen LogP contribution in [-0.2, 0) is 23.8 Å². The first-order chi connectivity index (χ1) is 17.5. The maximum absolute atomic E-state index is 13.6. The molecule has 8 heteroatoms. The van der Waals surface area contributed by atoms with E-state index in [1.165, 1.54) is 12.0 Å². The first-order valence-corrected chi connectivity index (χ1v) is 13.1. The fourth-order valence-corrected chi connectivity index (χ4v) is 6.15. The van der Waals surface area contributed by atoms with Gasteiger partial charge in [-0.05, 0) is 55.3 Å². The Morgan fingerprint density at radius 1 is 1.14 bits per heavy atom. The second kappa shape index (κ2) is 10.4. The van der Waals surface area contributed by atoms with E-state index in [1.54, 1.807) is 35.6 Å². The Balaban J connectivity index is 1.51. The molecule has 1 aromatic carbocycles. The van der Waals surface area contributed by atoms with Gasteiger partial charge in [0, 0.05) is 46.7 Å². The quantitative estimate of drug-likeness (QED) is 0.571. The van der Waals surface area contributed by atoms with Gasteiger partial charge in [-0.15, -0.1) is 11.3 Å². The Bertz CT molecular complexity index is 1220. The van der Waals surface area contributed by atoms with E-state index in [2.05, 4.69) is 11.4 Å². The van der Waals surface area contributed by atoms with Crippen molar-refractivity contribution in [2.75, 3.05) is 20.3 Å². The largest absolute Gasteiger partial charge is 0.465 e.